The van der Waals surface area contributed by atoms with Gasteiger partial charge in [0.2, 0.25) is 5.91 Å². The van der Waals surface area contributed by atoms with Crippen molar-refractivity contribution in [2.75, 3.05) is 27.2 Å². The van der Waals surface area contributed by atoms with Gasteiger partial charge in [0, 0.05) is 26.4 Å². The Balaban J connectivity index is 1.47. The summed E-state index contributed by atoms with van der Waals surface area (Å²) in [6, 6.07) is 8.22. The second-order valence-electron chi connectivity index (χ2n) is 9.10. The van der Waals surface area contributed by atoms with Crippen LogP contribution in [0.3, 0.4) is 0 Å². The molecule has 0 bridgehead atoms. The normalized spacial score (nSPS) is 26.6. The van der Waals surface area contributed by atoms with Crippen molar-refractivity contribution in [3.8, 4) is 0 Å². The molecule has 1 aromatic carbocycles. The molecule has 3 N–H and O–H groups in total. The molecule has 0 aromatic heterocycles. The predicted molar refractivity (Wildman–Crippen MR) is 120 cm³/mol. The van der Waals surface area contributed by atoms with Crippen LogP contribution in [0.15, 0.2) is 48.1 Å². The number of allylic oxidation sites excluding steroid dienone is 1. The number of carbonyl (C=O) groups is 1. The lowest BCUT2D eigenvalue weighted by Crippen LogP contribution is -2.33. The first kappa shape index (κ1) is 22.7. The van der Waals surface area contributed by atoms with Crippen molar-refractivity contribution in [3.63, 3.8) is 0 Å². The third-order valence-corrected chi connectivity index (χ3v) is 6.43. The Labute approximate surface area is 180 Å². The highest BCUT2D eigenvalue weighted by Crippen LogP contribution is 2.47. The standard InChI is InChI=1S/C25H36N2O3/c1-17-5-4-6-18(11-17)13-21(28)7-8-22-23-14-19(12-20(23)15-24(22)29)9-10-26-16-25(30)27(2)3/h4-8,11-12,20-24,26,28-29H,9-10,13-16H2,1-3H3/t20-,21-,22+,23-,24+/m0/s1. The summed E-state index contributed by atoms with van der Waals surface area (Å²) < 4.78 is 0. The quantitative estimate of drug-likeness (QED) is 0.430. The second-order valence-corrected chi connectivity index (χ2v) is 9.10. The molecule has 164 valence electrons. The molecule has 0 unspecified atom stereocenters. The smallest absolute Gasteiger partial charge is 0.236 e. The summed E-state index contributed by atoms with van der Waals surface area (Å²) in [6.45, 7) is 3.22. The van der Waals surface area contributed by atoms with E-state index >= 15 is 0 Å². The van der Waals surface area contributed by atoms with Crippen molar-refractivity contribution in [3.05, 3.63) is 59.2 Å². The molecule has 0 saturated heterocycles. The Morgan fingerprint density at radius 2 is 2.17 bits per heavy atom. The van der Waals surface area contributed by atoms with Crippen molar-refractivity contribution in [1.29, 1.82) is 0 Å². The van der Waals surface area contributed by atoms with Crippen LogP contribution in [0.5, 0.6) is 0 Å². The molecule has 5 atom stereocenters. The summed E-state index contributed by atoms with van der Waals surface area (Å²) in [7, 11) is 3.53. The van der Waals surface area contributed by atoms with Gasteiger partial charge >= 0.3 is 0 Å². The zero-order valence-corrected chi connectivity index (χ0v) is 18.4. The van der Waals surface area contributed by atoms with Crippen LogP contribution in [-0.2, 0) is 11.2 Å². The first-order valence-corrected chi connectivity index (χ1v) is 11.0. The molecule has 0 heterocycles. The van der Waals surface area contributed by atoms with Gasteiger partial charge in [0.25, 0.3) is 0 Å². The third kappa shape index (κ3) is 6.03. The minimum Gasteiger partial charge on any atom is -0.392 e. The molecule has 1 saturated carbocycles. The first-order valence-electron chi connectivity index (χ1n) is 11.0. The maximum Gasteiger partial charge on any atom is 0.236 e. The topological polar surface area (TPSA) is 72.8 Å². The van der Waals surface area contributed by atoms with Crippen molar-refractivity contribution >= 4 is 5.91 Å². The van der Waals surface area contributed by atoms with E-state index in [0.29, 0.717) is 24.8 Å². The van der Waals surface area contributed by atoms with Gasteiger partial charge in [-0.3, -0.25) is 4.79 Å². The summed E-state index contributed by atoms with van der Waals surface area (Å²) in [4.78, 5) is 13.2. The molecule has 3 rings (SSSR count). The van der Waals surface area contributed by atoms with Crippen molar-refractivity contribution < 1.29 is 15.0 Å². The number of likely N-dealkylation sites (N-methyl/N-ethyl adjacent to an activating group) is 1. The Hall–Kier alpha value is -1.95. The number of aliphatic hydroxyl groups is 2. The molecule has 5 heteroatoms. The minimum absolute atomic E-state index is 0.0878. The van der Waals surface area contributed by atoms with Crippen LogP contribution in [0, 0.1) is 24.7 Å². The van der Waals surface area contributed by atoms with E-state index in [1.807, 2.05) is 24.3 Å². The average Bonchev–Trinajstić information content (AvgIpc) is 3.19. The van der Waals surface area contributed by atoms with Gasteiger partial charge in [0.05, 0.1) is 18.8 Å². The van der Waals surface area contributed by atoms with E-state index in [9.17, 15) is 15.0 Å². The van der Waals surface area contributed by atoms with Gasteiger partial charge in [0.15, 0.2) is 0 Å². The third-order valence-electron chi connectivity index (χ3n) is 6.43. The highest BCUT2D eigenvalue weighted by molar-refractivity contribution is 5.77. The number of aryl methyl sites for hydroxylation is 1. The fourth-order valence-electron chi connectivity index (χ4n) is 4.80. The number of fused-ring (bicyclic) bond motifs is 1. The average molecular weight is 413 g/mol. The monoisotopic (exact) mass is 412 g/mol. The van der Waals surface area contributed by atoms with Gasteiger partial charge in [-0.05, 0) is 50.1 Å². The molecule has 0 aliphatic heterocycles. The van der Waals surface area contributed by atoms with E-state index in [-0.39, 0.29) is 17.9 Å². The van der Waals surface area contributed by atoms with E-state index in [0.717, 1.165) is 31.4 Å². The number of nitrogens with zero attached hydrogens (tertiary/aromatic N) is 1. The number of aliphatic hydroxyl groups excluding tert-OH is 2. The number of rotatable bonds is 9. The van der Waals surface area contributed by atoms with Gasteiger partial charge in [-0.1, -0.05) is 53.6 Å². The first-order chi connectivity index (χ1) is 14.3. The van der Waals surface area contributed by atoms with Crippen LogP contribution in [0.1, 0.15) is 30.4 Å². The van der Waals surface area contributed by atoms with Crippen molar-refractivity contribution in [1.82, 2.24) is 10.2 Å². The molecule has 0 spiro atoms. The maximum atomic E-state index is 11.6. The Bertz CT molecular complexity index is 786. The van der Waals surface area contributed by atoms with Crippen LogP contribution in [-0.4, -0.2) is 60.4 Å². The summed E-state index contributed by atoms with van der Waals surface area (Å²) in [6.07, 6.45) is 8.69. The molecule has 1 aromatic rings. The zero-order valence-electron chi connectivity index (χ0n) is 18.4. The number of benzene rings is 1. The molecule has 2 aliphatic carbocycles. The van der Waals surface area contributed by atoms with E-state index in [4.69, 9.17) is 0 Å². The number of carbonyl (C=O) groups excluding carboxylic acids is 1. The van der Waals surface area contributed by atoms with Gasteiger partial charge in [0.1, 0.15) is 0 Å². The summed E-state index contributed by atoms with van der Waals surface area (Å²) in [5.74, 6) is 1.02. The number of nitrogens with one attached hydrogen (secondary N) is 1. The molecule has 30 heavy (non-hydrogen) atoms. The highest BCUT2D eigenvalue weighted by atomic mass is 16.3. The van der Waals surface area contributed by atoms with E-state index in [1.54, 1.807) is 19.0 Å². The molecular formula is C25H36N2O3. The van der Waals surface area contributed by atoms with Crippen LogP contribution in [0.25, 0.3) is 0 Å². The van der Waals surface area contributed by atoms with Crippen LogP contribution < -0.4 is 5.32 Å². The number of hydrogen-bond acceptors (Lipinski definition) is 4. The van der Waals surface area contributed by atoms with E-state index < -0.39 is 6.10 Å². The van der Waals surface area contributed by atoms with Gasteiger partial charge < -0.3 is 20.4 Å². The Morgan fingerprint density at radius 1 is 1.37 bits per heavy atom. The van der Waals surface area contributed by atoms with E-state index in [1.165, 1.54) is 11.1 Å². The van der Waals surface area contributed by atoms with Crippen LogP contribution >= 0.6 is 0 Å². The van der Waals surface area contributed by atoms with Crippen LogP contribution in [0.4, 0.5) is 0 Å². The molecule has 2 aliphatic rings. The maximum absolute atomic E-state index is 11.6. The summed E-state index contributed by atoms with van der Waals surface area (Å²) >= 11 is 0. The molecular weight excluding hydrogens is 376 g/mol. The molecule has 1 amide bonds. The summed E-state index contributed by atoms with van der Waals surface area (Å²) in [5.41, 5.74) is 3.74. The number of hydrogen-bond donors (Lipinski definition) is 3. The largest absolute Gasteiger partial charge is 0.392 e. The molecule has 0 radical (unpaired) electrons. The Morgan fingerprint density at radius 3 is 2.90 bits per heavy atom. The van der Waals surface area contributed by atoms with Gasteiger partial charge in [-0.2, -0.15) is 0 Å². The fraction of sp³-hybridized carbons (Fsp3) is 0.560. The highest BCUT2D eigenvalue weighted by Gasteiger charge is 2.43. The van der Waals surface area contributed by atoms with Crippen LogP contribution in [0.2, 0.25) is 0 Å². The lowest BCUT2D eigenvalue weighted by molar-refractivity contribution is -0.127. The SMILES string of the molecule is Cc1cccc(C[C@@H](O)C=C[C@@H]2[C@H]3CC(CCNCC(=O)N(C)C)=C[C@H]3C[C@H]2O)c1. The number of amides is 1. The van der Waals surface area contributed by atoms with E-state index in [2.05, 4.69) is 30.4 Å². The predicted octanol–water partition coefficient (Wildman–Crippen LogP) is 2.47. The zero-order chi connectivity index (χ0) is 21.7. The Kier molecular flexibility index (Phi) is 7.87. The fourth-order valence-corrected chi connectivity index (χ4v) is 4.80. The lowest BCUT2D eigenvalue weighted by atomic mass is 9.88. The lowest BCUT2D eigenvalue weighted by Gasteiger charge is -2.19. The minimum atomic E-state index is -0.537. The second kappa shape index (κ2) is 10.4. The van der Waals surface area contributed by atoms with Crippen molar-refractivity contribution in [2.24, 2.45) is 17.8 Å². The molecule has 1 fully saturated rings. The van der Waals surface area contributed by atoms with Gasteiger partial charge in [-0.25, -0.2) is 0 Å². The van der Waals surface area contributed by atoms with Gasteiger partial charge in [-0.15, -0.1) is 0 Å². The summed E-state index contributed by atoms with van der Waals surface area (Å²) in [5, 5.41) is 24.2. The molecule has 5 nitrogen and oxygen atoms in total. The van der Waals surface area contributed by atoms with Crippen molar-refractivity contribution in [2.45, 2.75) is 44.8 Å².